The molecule has 1 saturated heterocycles. The number of halogens is 3. The molecule has 1 unspecified atom stereocenters. The van der Waals surface area contributed by atoms with Gasteiger partial charge in [-0.2, -0.15) is 18.3 Å². The SMILES string of the molecule is Cc1nn(C)c(C)c1C1CCCN1c1cc(C(F)(F)F)nc(-c2ccccn2)n1. The quantitative estimate of drug-likeness (QED) is 0.656. The molecule has 4 heterocycles. The van der Waals surface area contributed by atoms with Crippen molar-refractivity contribution in [2.45, 2.75) is 38.9 Å². The summed E-state index contributed by atoms with van der Waals surface area (Å²) in [5.41, 5.74) is 2.29. The first-order chi connectivity index (χ1) is 13.8. The molecule has 0 amide bonds. The van der Waals surface area contributed by atoms with E-state index in [1.165, 1.54) is 6.20 Å². The van der Waals surface area contributed by atoms with Gasteiger partial charge in [-0.25, -0.2) is 9.97 Å². The van der Waals surface area contributed by atoms with E-state index in [9.17, 15) is 13.2 Å². The lowest BCUT2D eigenvalue weighted by Gasteiger charge is -2.27. The Morgan fingerprint density at radius 2 is 1.93 bits per heavy atom. The van der Waals surface area contributed by atoms with Crippen molar-refractivity contribution in [2.24, 2.45) is 7.05 Å². The molecule has 1 aliphatic rings. The van der Waals surface area contributed by atoms with Crippen LogP contribution in [0.3, 0.4) is 0 Å². The van der Waals surface area contributed by atoms with E-state index in [1.807, 2.05) is 30.5 Å². The highest BCUT2D eigenvalue weighted by Crippen LogP contribution is 2.40. The molecule has 3 aromatic rings. The molecule has 6 nitrogen and oxygen atoms in total. The third-order valence-corrected chi connectivity index (χ3v) is 5.34. The van der Waals surface area contributed by atoms with Gasteiger partial charge in [-0.15, -0.1) is 0 Å². The van der Waals surface area contributed by atoms with E-state index in [1.54, 1.807) is 18.2 Å². The molecular formula is C20H21F3N6. The molecule has 0 bridgehead atoms. The highest BCUT2D eigenvalue weighted by atomic mass is 19.4. The number of hydrogen-bond acceptors (Lipinski definition) is 5. The Bertz CT molecular complexity index is 1030. The Hall–Kier alpha value is -2.97. The van der Waals surface area contributed by atoms with E-state index in [0.29, 0.717) is 12.2 Å². The molecule has 29 heavy (non-hydrogen) atoms. The minimum absolute atomic E-state index is 0.0271. The fourth-order valence-electron chi connectivity index (χ4n) is 3.95. The Labute approximate surface area is 166 Å². The molecule has 0 radical (unpaired) electrons. The monoisotopic (exact) mass is 402 g/mol. The van der Waals surface area contributed by atoms with Gasteiger partial charge in [-0.1, -0.05) is 6.07 Å². The number of rotatable bonds is 3. The lowest BCUT2D eigenvalue weighted by Crippen LogP contribution is -2.25. The van der Waals surface area contributed by atoms with Crippen molar-refractivity contribution in [3.63, 3.8) is 0 Å². The molecule has 0 spiro atoms. The fourth-order valence-corrected chi connectivity index (χ4v) is 3.95. The number of aromatic nitrogens is 5. The summed E-state index contributed by atoms with van der Waals surface area (Å²) < 4.78 is 42.5. The second-order valence-corrected chi connectivity index (χ2v) is 7.21. The molecule has 0 aromatic carbocycles. The summed E-state index contributed by atoms with van der Waals surface area (Å²) in [6.45, 7) is 4.53. The molecule has 3 aromatic heterocycles. The standard InChI is InChI=1S/C20H21F3N6/c1-12-18(13(2)28(3)27-12)15-8-6-10-29(15)17-11-16(20(21,22)23)25-19(26-17)14-7-4-5-9-24-14/h4-5,7,9,11,15H,6,8,10H2,1-3H3. The summed E-state index contributed by atoms with van der Waals surface area (Å²) in [6.07, 6.45) is -1.36. The van der Waals surface area contributed by atoms with Gasteiger partial charge in [0.1, 0.15) is 11.5 Å². The minimum atomic E-state index is -4.57. The molecule has 1 fully saturated rings. The maximum absolute atomic E-state index is 13.6. The van der Waals surface area contributed by atoms with Crippen molar-refractivity contribution in [1.82, 2.24) is 24.7 Å². The maximum Gasteiger partial charge on any atom is 0.433 e. The van der Waals surface area contributed by atoms with E-state index in [0.717, 1.165) is 35.9 Å². The maximum atomic E-state index is 13.6. The van der Waals surface area contributed by atoms with Crippen LogP contribution in [0.4, 0.5) is 19.0 Å². The number of pyridine rings is 1. The zero-order valence-electron chi connectivity index (χ0n) is 16.4. The van der Waals surface area contributed by atoms with Crippen LogP contribution in [0.15, 0.2) is 30.5 Å². The van der Waals surface area contributed by atoms with Crippen LogP contribution < -0.4 is 4.90 Å². The van der Waals surface area contributed by atoms with Crippen molar-refractivity contribution in [3.05, 3.63) is 53.1 Å². The summed E-state index contributed by atoms with van der Waals surface area (Å²) >= 11 is 0. The van der Waals surface area contributed by atoms with Crippen LogP contribution in [0.2, 0.25) is 0 Å². The Morgan fingerprint density at radius 3 is 2.55 bits per heavy atom. The second kappa shape index (κ2) is 7.13. The molecule has 1 atom stereocenters. The van der Waals surface area contributed by atoms with Gasteiger partial charge in [0.15, 0.2) is 11.5 Å². The molecule has 0 N–H and O–H groups in total. The summed E-state index contributed by atoms with van der Waals surface area (Å²) in [5, 5.41) is 4.47. The van der Waals surface area contributed by atoms with Crippen LogP contribution in [0.1, 0.15) is 41.5 Å². The van der Waals surface area contributed by atoms with Crippen LogP contribution in [0.25, 0.3) is 11.5 Å². The van der Waals surface area contributed by atoms with E-state index in [-0.39, 0.29) is 17.7 Å². The third-order valence-electron chi connectivity index (χ3n) is 5.34. The van der Waals surface area contributed by atoms with Crippen molar-refractivity contribution < 1.29 is 13.2 Å². The van der Waals surface area contributed by atoms with Crippen LogP contribution in [0.5, 0.6) is 0 Å². The summed E-state index contributed by atoms with van der Waals surface area (Å²) in [4.78, 5) is 14.3. The second-order valence-electron chi connectivity index (χ2n) is 7.21. The van der Waals surface area contributed by atoms with Gasteiger partial charge >= 0.3 is 6.18 Å². The largest absolute Gasteiger partial charge is 0.433 e. The van der Waals surface area contributed by atoms with Crippen LogP contribution in [-0.2, 0) is 13.2 Å². The minimum Gasteiger partial charge on any atom is -0.349 e. The van der Waals surface area contributed by atoms with Crippen molar-refractivity contribution in [3.8, 4) is 11.5 Å². The first-order valence-corrected chi connectivity index (χ1v) is 9.40. The molecule has 9 heteroatoms. The summed E-state index contributed by atoms with van der Waals surface area (Å²) in [6, 6.07) is 5.97. The lowest BCUT2D eigenvalue weighted by molar-refractivity contribution is -0.141. The highest BCUT2D eigenvalue weighted by molar-refractivity contribution is 5.55. The van der Waals surface area contributed by atoms with Crippen molar-refractivity contribution >= 4 is 5.82 Å². The third kappa shape index (κ3) is 3.56. The average molecular weight is 402 g/mol. The van der Waals surface area contributed by atoms with Gasteiger partial charge in [0.25, 0.3) is 0 Å². The first-order valence-electron chi connectivity index (χ1n) is 9.40. The summed E-state index contributed by atoms with van der Waals surface area (Å²) in [5.74, 6) is 0.235. The first kappa shape index (κ1) is 19.4. The predicted octanol–water partition coefficient (Wildman–Crippen LogP) is 4.25. The molecular weight excluding hydrogens is 381 g/mol. The Morgan fingerprint density at radius 1 is 1.14 bits per heavy atom. The zero-order chi connectivity index (χ0) is 20.8. The number of anilines is 1. The molecule has 1 aliphatic heterocycles. The van der Waals surface area contributed by atoms with Gasteiger partial charge in [0.05, 0.1) is 11.7 Å². The lowest BCUT2D eigenvalue weighted by atomic mass is 10.0. The number of aryl methyl sites for hydroxylation is 2. The van der Waals surface area contributed by atoms with Crippen LogP contribution >= 0.6 is 0 Å². The number of nitrogens with zero attached hydrogens (tertiary/aromatic N) is 6. The smallest absolute Gasteiger partial charge is 0.349 e. The van der Waals surface area contributed by atoms with Gasteiger partial charge in [-0.3, -0.25) is 9.67 Å². The summed E-state index contributed by atoms with van der Waals surface area (Å²) in [7, 11) is 1.87. The Kier molecular flexibility index (Phi) is 4.76. The molecule has 4 rings (SSSR count). The molecule has 152 valence electrons. The van der Waals surface area contributed by atoms with Gasteiger partial charge < -0.3 is 4.90 Å². The molecule has 0 aliphatic carbocycles. The average Bonchev–Trinajstić information content (AvgIpc) is 3.25. The Balaban J connectivity index is 1.83. The van der Waals surface area contributed by atoms with E-state index in [4.69, 9.17) is 0 Å². The van der Waals surface area contributed by atoms with Gasteiger partial charge in [0, 0.05) is 37.1 Å². The highest BCUT2D eigenvalue weighted by Gasteiger charge is 2.37. The van der Waals surface area contributed by atoms with Gasteiger partial charge in [-0.05, 0) is 38.8 Å². The normalized spacial score (nSPS) is 17.2. The van der Waals surface area contributed by atoms with Gasteiger partial charge in [0.2, 0.25) is 0 Å². The van der Waals surface area contributed by atoms with E-state index in [2.05, 4.69) is 20.1 Å². The van der Waals surface area contributed by atoms with E-state index < -0.39 is 11.9 Å². The predicted molar refractivity (Wildman–Crippen MR) is 102 cm³/mol. The topological polar surface area (TPSA) is 59.7 Å². The van der Waals surface area contributed by atoms with E-state index >= 15 is 0 Å². The van der Waals surface area contributed by atoms with Crippen molar-refractivity contribution in [1.29, 1.82) is 0 Å². The number of hydrogen-bond donors (Lipinski definition) is 0. The molecule has 0 saturated carbocycles. The van der Waals surface area contributed by atoms with Crippen LogP contribution in [0, 0.1) is 13.8 Å². The zero-order valence-corrected chi connectivity index (χ0v) is 16.4. The van der Waals surface area contributed by atoms with Crippen LogP contribution in [-0.4, -0.2) is 31.3 Å². The van der Waals surface area contributed by atoms with Crippen molar-refractivity contribution in [2.75, 3.05) is 11.4 Å². The fraction of sp³-hybridized carbons (Fsp3) is 0.400. The number of alkyl halides is 3.